The van der Waals surface area contributed by atoms with Gasteiger partial charge in [-0.05, 0) is 38.1 Å². The first kappa shape index (κ1) is 33.5. The molecule has 0 aliphatic carbocycles. The monoisotopic (exact) mass is 746 g/mol. The van der Waals surface area contributed by atoms with Crippen molar-refractivity contribution in [3.8, 4) is 11.4 Å². The van der Waals surface area contributed by atoms with Gasteiger partial charge >= 0.3 is 36.7 Å². The molecule has 45 heavy (non-hydrogen) atoms. The molecule has 226 valence electrons. The number of benzene rings is 4. The first-order chi connectivity index (χ1) is 21.8. The van der Waals surface area contributed by atoms with E-state index in [1.54, 1.807) is 62.4 Å². The van der Waals surface area contributed by atoms with E-state index in [4.69, 9.17) is 17.8 Å². The van der Waals surface area contributed by atoms with Crippen LogP contribution in [0, 0.1) is 13.8 Å². The fourth-order valence-corrected chi connectivity index (χ4v) is 4.61. The van der Waals surface area contributed by atoms with Crippen LogP contribution in [0.15, 0.2) is 131 Å². The van der Waals surface area contributed by atoms with E-state index in [9.17, 15) is 19.2 Å². The molecule has 0 aliphatic heterocycles. The Morgan fingerprint density at radius 3 is 1.09 bits per heavy atom. The van der Waals surface area contributed by atoms with Gasteiger partial charge in [-0.1, -0.05) is 97.1 Å². The fourth-order valence-electron chi connectivity index (χ4n) is 4.61. The van der Waals surface area contributed by atoms with Gasteiger partial charge in [-0.3, -0.25) is 29.4 Å². The van der Waals surface area contributed by atoms with Gasteiger partial charge in [0.05, 0.1) is 11.4 Å². The van der Waals surface area contributed by atoms with E-state index in [1.807, 2.05) is 72.8 Å². The van der Waals surface area contributed by atoms with Crippen molar-refractivity contribution in [1.29, 1.82) is 0 Å². The molecule has 0 saturated carbocycles. The summed E-state index contributed by atoms with van der Waals surface area (Å²) in [6.45, 7) is 3.47. The van der Waals surface area contributed by atoms with Crippen LogP contribution in [0.25, 0.3) is 11.4 Å². The second-order valence-electron chi connectivity index (χ2n) is 9.64. The van der Waals surface area contributed by atoms with E-state index >= 15 is 0 Å². The zero-order chi connectivity index (χ0) is 32.3. The maximum absolute atomic E-state index is 12.5. The molecule has 0 unspecified atom stereocenters. The molecule has 0 amide bonds. The van der Waals surface area contributed by atoms with Gasteiger partial charge in [0.25, 0.3) is 11.1 Å². The fraction of sp³-hybridized carbons (Fsp3) is 0.0588. The summed E-state index contributed by atoms with van der Waals surface area (Å²) in [6.07, 6.45) is 0. The molecular weight excluding hydrogens is 718 g/mol. The van der Waals surface area contributed by atoms with Crippen molar-refractivity contribution >= 4 is 48.3 Å². The summed E-state index contributed by atoms with van der Waals surface area (Å²) >= 11 is -0.826. The third-order valence-electron chi connectivity index (χ3n) is 6.70. The van der Waals surface area contributed by atoms with Crippen LogP contribution in [0.4, 0.5) is 0 Å². The minimum atomic E-state index is -0.826. The number of nitrogens with one attached hydrogen (secondary N) is 2. The predicted molar refractivity (Wildman–Crippen MR) is 179 cm³/mol. The van der Waals surface area contributed by atoms with Crippen molar-refractivity contribution in [2.24, 2.45) is 0 Å². The SMILES string of the molecule is Cc1[nH]n(-c2ccccc2)c(=O)c1C(=O)c1ccccc1.Cc1[nH]n(-c2ccccc2)c(=O)c1C(=O)c1ccccc1.[Cl][Sn][Cl]. The van der Waals surface area contributed by atoms with Crippen molar-refractivity contribution < 1.29 is 9.59 Å². The van der Waals surface area contributed by atoms with Crippen LogP contribution in [0.3, 0.4) is 0 Å². The Morgan fingerprint density at radius 2 is 0.800 bits per heavy atom. The Kier molecular flexibility index (Phi) is 12.0. The third kappa shape index (κ3) is 8.02. The number of H-pyrrole nitrogens is 2. The zero-order valence-electron chi connectivity index (χ0n) is 24.3. The molecule has 0 atom stereocenters. The minimum absolute atomic E-state index is 0.185. The van der Waals surface area contributed by atoms with Crippen molar-refractivity contribution in [1.82, 2.24) is 19.6 Å². The molecule has 4 aromatic carbocycles. The number of rotatable bonds is 6. The van der Waals surface area contributed by atoms with Crippen LogP contribution < -0.4 is 11.1 Å². The normalized spacial score (nSPS) is 10.2. The Hall–Kier alpha value is -4.38. The number of nitrogens with zero attached hydrogens (tertiary/aromatic N) is 2. The van der Waals surface area contributed by atoms with Gasteiger partial charge in [0.15, 0.2) is 11.6 Å². The van der Waals surface area contributed by atoms with Crippen LogP contribution in [-0.2, 0) is 0 Å². The maximum atomic E-state index is 12.5. The first-order valence-corrected chi connectivity index (χ1v) is 20.9. The van der Waals surface area contributed by atoms with Gasteiger partial charge in [-0.15, -0.1) is 0 Å². The molecule has 2 aromatic heterocycles. The van der Waals surface area contributed by atoms with Gasteiger partial charge in [0, 0.05) is 22.5 Å². The quantitative estimate of drug-likeness (QED) is 0.152. The van der Waals surface area contributed by atoms with Crippen LogP contribution in [0.2, 0.25) is 0 Å². The molecule has 0 aliphatic rings. The van der Waals surface area contributed by atoms with Gasteiger partial charge in [-0.25, -0.2) is 9.36 Å². The zero-order valence-corrected chi connectivity index (χ0v) is 28.7. The summed E-state index contributed by atoms with van der Waals surface area (Å²) in [6, 6.07) is 36.0. The van der Waals surface area contributed by atoms with Crippen LogP contribution >= 0.6 is 17.8 Å². The summed E-state index contributed by atoms with van der Waals surface area (Å²) in [4.78, 5) is 50.0. The molecule has 0 bridgehead atoms. The van der Waals surface area contributed by atoms with Crippen molar-refractivity contribution in [2.75, 3.05) is 0 Å². The Balaban J connectivity index is 0.000000189. The van der Waals surface area contributed by atoms with Crippen LogP contribution in [0.5, 0.6) is 0 Å². The molecule has 11 heteroatoms. The summed E-state index contributed by atoms with van der Waals surface area (Å²) in [5, 5.41) is 5.93. The first-order valence-electron chi connectivity index (χ1n) is 13.7. The predicted octanol–water partition coefficient (Wildman–Crippen LogP) is 6.41. The van der Waals surface area contributed by atoms with E-state index in [1.165, 1.54) is 9.36 Å². The number of halogens is 2. The van der Waals surface area contributed by atoms with E-state index in [2.05, 4.69) is 10.2 Å². The van der Waals surface area contributed by atoms with E-state index in [-0.39, 0.29) is 33.8 Å². The molecule has 2 radical (unpaired) electrons. The number of carbonyl (C=O) groups is 2. The molecule has 8 nitrogen and oxygen atoms in total. The summed E-state index contributed by atoms with van der Waals surface area (Å²) < 4.78 is 2.79. The molecule has 0 saturated heterocycles. The average molecular weight is 746 g/mol. The molecule has 0 spiro atoms. The van der Waals surface area contributed by atoms with Gasteiger partial charge in [-0.2, -0.15) is 0 Å². The average Bonchev–Trinajstić information content (AvgIpc) is 3.55. The standard InChI is InChI=1S/2C17H14N2O2.2ClH.Sn/c2*1-12-15(16(20)13-8-4-2-5-9-13)17(21)19(18-12)14-10-6-3-7-11-14;;;/h2*2-11,18H,1H3;2*1H;/q;;;;+2/p-2. The Bertz CT molecular complexity index is 1840. The van der Waals surface area contributed by atoms with Crippen LogP contribution in [0.1, 0.15) is 43.2 Å². The third-order valence-corrected chi connectivity index (χ3v) is 6.70. The summed E-state index contributed by atoms with van der Waals surface area (Å²) in [7, 11) is 9.87. The molecule has 6 aromatic rings. The van der Waals surface area contributed by atoms with E-state index in [0.717, 1.165) is 0 Å². The second kappa shape index (κ2) is 16.1. The number of ketones is 2. The number of aryl methyl sites for hydroxylation is 2. The Labute approximate surface area is 276 Å². The molecule has 6 rings (SSSR count). The number of hydrogen-bond acceptors (Lipinski definition) is 4. The number of para-hydroxylation sites is 2. The van der Waals surface area contributed by atoms with E-state index < -0.39 is 18.9 Å². The number of aromatic amines is 2. The summed E-state index contributed by atoms with van der Waals surface area (Å²) in [5.74, 6) is -0.520. The Morgan fingerprint density at radius 1 is 0.533 bits per heavy atom. The van der Waals surface area contributed by atoms with Crippen LogP contribution in [-0.4, -0.2) is 50.0 Å². The van der Waals surface area contributed by atoms with Gasteiger partial charge in [0.1, 0.15) is 11.1 Å². The van der Waals surface area contributed by atoms with Crippen molar-refractivity contribution in [2.45, 2.75) is 13.8 Å². The molecular formula is C34H28Cl2N4O4Sn. The van der Waals surface area contributed by atoms with Gasteiger partial charge in [0.2, 0.25) is 0 Å². The number of carbonyl (C=O) groups excluding carboxylic acids is 2. The molecule has 2 heterocycles. The topological polar surface area (TPSA) is 110 Å². The van der Waals surface area contributed by atoms with Crippen molar-refractivity contribution in [3.63, 3.8) is 0 Å². The van der Waals surface area contributed by atoms with Gasteiger partial charge < -0.3 is 0 Å². The molecule has 2 N–H and O–H groups in total. The number of aromatic nitrogens is 4. The van der Waals surface area contributed by atoms with Crippen molar-refractivity contribution in [3.05, 3.63) is 176 Å². The van der Waals surface area contributed by atoms with E-state index in [0.29, 0.717) is 33.9 Å². The summed E-state index contributed by atoms with van der Waals surface area (Å²) in [5.41, 5.74) is 3.29. The molecule has 0 fully saturated rings. The number of hydrogen-bond donors (Lipinski definition) is 2. The second-order valence-corrected chi connectivity index (χ2v) is 13.9.